The molecule has 12 heteroatoms. The summed E-state index contributed by atoms with van der Waals surface area (Å²) >= 11 is 3.56. The summed E-state index contributed by atoms with van der Waals surface area (Å²) in [6.45, 7) is -0.0967. The molecule has 1 amide bonds. The SMILES string of the molecule is [N-]=[N+]=Nc1ccccc1[C@H]1OC(c2ccc(OCCCO)cc2)=N[C@@]1(Cc1ccccc1Br)C(=O)NCc1c(F)cccc1F. The molecule has 0 fully saturated rings. The predicted octanol–water partition coefficient (Wildman–Crippen LogP) is 7.25. The molecule has 45 heavy (non-hydrogen) atoms. The van der Waals surface area contributed by atoms with Gasteiger partial charge in [0.25, 0.3) is 5.91 Å². The lowest BCUT2D eigenvalue weighted by Gasteiger charge is -2.31. The Morgan fingerprint density at radius 1 is 1.04 bits per heavy atom. The quantitative estimate of drug-likeness (QED) is 0.0709. The highest BCUT2D eigenvalue weighted by Gasteiger charge is 2.54. The first kappa shape index (κ1) is 31.6. The summed E-state index contributed by atoms with van der Waals surface area (Å²) in [6.07, 6.45) is -0.610. The van der Waals surface area contributed by atoms with Gasteiger partial charge in [0.1, 0.15) is 17.4 Å². The fourth-order valence-electron chi connectivity index (χ4n) is 5.06. The van der Waals surface area contributed by atoms with Crippen molar-refractivity contribution in [3.63, 3.8) is 0 Å². The molecular weight excluding hydrogens is 648 g/mol. The lowest BCUT2D eigenvalue weighted by atomic mass is 9.81. The van der Waals surface area contributed by atoms with Crippen LogP contribution in [0.5, 0.6) is 5.75 Å². The number of azide groups is 1. The number of hydrogen-bond donors (Lipinski definition) is 2. The summed E-state index contributed by atoms with van der Waals surface area (Å²) in [5.41, 5.74) is 9.19. The Morgan fingerprint density at radius 2 is 1.76 bits per heavy atom. The number of benzene rings is 4. The first-order valence-corrected chi connectivity index (χ1v) is 14.8. The molecule has 2 atom stereocenters. The van der Waals surface area contributed by atoms with Gasteiger partial charge in [0, 0.05) is 57.8 Å². The van der Waals surface area contributed by atoms with E-state index in [2.05, 4.69) is 31.3 Å². The van der Waals surface area contributed by atoms with Crippen molar-refractivity contribution in [2.45, 2.75) is 31.0 Å². The van der Waals surface area contributed by atoms with E-state index in [1.54, 1.807) is 48.5 Å². The zero-order valence-corrected chi connectivity index (χ0v) is 25.5. The molecule has 2 N–H and O–H groups in total. The van der Waals surface area contributed by atoms with E-state index in [9.17, 15) is 19.1 Å². The van der Waals surface area contributed by atoms with Gasteiger partial charge in [0.2, 0.25) is 5.90 Å². The normalized spacial score (nSPS) is 17.2. The van der Waals surface area contributed by atoms with Gasteiger partial charge in [-0.15, -0.1) is 0 Å². The molecule has 5 rings (SSSR count). The number of amides is 1. The number of ether oxygens (including phenoxy) is 2. The molecule has 0 radical (unpaired) electrons. The van der Waals surface area contributed by atoms with Crippen molar-refractivity contribution in [2.75, 3.05) is 13.2 Å². The molecule has 1 heterocycles. The average molecular weight is 677 g/mol. The van der Waals surface area contributed by atoms with E-state index in [0.29, 0.717) is 34.4 Å². The van der Waals surface area contributed by atoms with E-state index < -0.39 is 35.7 Å². The maximum absolute atomic E-state index is 14.5. The van der Waals surface area contributed by atoms with Crippen molar-refractivity contribution < 1.29 is 28.2 Å². The highest BCUT2D eigenvalue weighted by Crippen LogP contribution is 2.46. The molecule has 9 nitrogen and oxygen atoms in total. The van der Waals surface area contributed by atoms with Crippen LogP contribution in [0.25, 0.3) is 10.4 Å². The van der Waals surface area contributed by atoms with Crippen molar-refractivity contribution in [1.82, 2.24) is 5.32 Å². The Labute approximate surface area is 266 Å². The minimum absolute atomic E-state index is 0.00662. The maximum Gasteiger partial charge on any atom is 0.252 e. The van der Waals surface area contributed by atoms with E-state index in [1.165, 1.54) is 6.07 Å². The van der Waals surface area contributed by atoms with Crippen LogP contribution in [-0.2, 0) is 22.5 Å². The number of aliphatic hydroxyl groups is 1. The van der Waals surface area contributed by atoms with Crippen LogP contribution < -0.4 is 10.1 Å². The zero-order chi connectivity index (χ0) is 31.8. The van der Waals surface area contributed by atoms with Gasteiger partial charge in [-0.3, -0.25) is 4.79 Å². The lowest BCUT2D eigenvalue weighted by Crippen LogP contribution is -2.50. The highest BCUT2D eigenvalue weighted by molar-refractivity contribution is 9.10. The van der Waals surface area contributed by atoms with Gasteiger partial charge in [-0.2, -0.15) is 0 Å². The van der Waals surface area contributed by atoms with Gasteiger partial charge in [0.15, 0.2) is 11.6 Å². The highest BCUT2D eigenvalue weighted by atomic mass is 79.9. The Hall–Kier alpha value is -4.77. The number of aliphatic imine (C=N–C) groups is 1. The van der Waals surface area contributed by atoms with Crippen molar-refractivity contribution in [2.24, 2.45) is 10.1 Å². The maximum atomic E-state index is 14.5. The van der Waals surface area contributed by atoms with Crippen LogP contribution in [0.4, 0.5) is 14.5 Å². The van der Waals surface area contributed by atoms with E-state index in [0.717, 1.165) is 17.7 Å². The smallest absolute Gasteiger partial charge is 0.252 e. The largest absolute Gasteiger partial charge is 0.494 e. The molecular formula is C33H28BrF2N5O4. The standard InChI is InChI=1S/C33H28BrF2N5O4/c34-26-9-3-1-7-22(26)19-33(32(43)38-20-25-27(35)10-5-11-28(25)36)30(24-8-2-4-12-29(24)40-41-37)45-31(39-33)21-13-15-23(16-14-21)44-18-6-17-42/h1-5,7-16,30,42H,6,17-20H2,(H,38,43)/t30-,33-/m1/s1. The number of carbonyl (C=O) groups is 1. The molecule has 0 aromatic heterocycles. The summed E-state index contributed by atoms with van der Waals surface area (Å²) < 4.78 is 41.9. The van der Waals surface area contributed by atoms with Gasteiger partial charge in [-0.05, 0) is 53.6 Å². The molecule has 0 saturated carbocycles. The van der Waals surface area contributed by atoms with Crippen LogP contribution in [0.1, 0.15) is 34.8 Å². The Bertz CT molecular complexity index is 1740. The van der Waals surface area contributed by atoms with Crippen LogP contribution in [0.2, 0.25) is 0 Å². The number of nitrogens with one attached hydrogen (secondary N) is 1. The van der Waals surface area contributed by atoms with Gasteiger partial charge >= 0.3 is 0 Å². The minimum Gasteiger partial charge on any atom is -0.494 e. The molecule has 1 aliphatic heterocycles. The van der Waals surface area contributed by atoms with Crippen LogP contribution in [0.3, 0.4) is 0 Å². The number of carbonyl (C=O) groups excluding carboxylic acids is 1. The summed E-state index contributed by atoms with van der Waals surface area (Å²) in [5.74, 6) is -1.54. The summed E-state index contributed by atoms with van der Waals surface area (Å²) in [7, 11) is 0. The van der Waals surface area contributed by atoms with Crippen molar-refractivity contribution in [3.8, 4) is 5.75 Å². The van der Waals surface area contributed by atoms with Gasteiger partial charge in [0.05, 0.1) is 6.61 Å². The third kappa shape index (κ3) is 6.99. The molecule has 0 unspecified atom stereocenters. The molecule has 0 spiro atoms. The topological polar surface area (TPSA) is 129 Å². The van der Waals surface area contributed by atoms with Crippen molar-refractivity contribution >= 4 is 33.4 Å². The molecule has 0 aliphatic carbocycles. The van der Waals surface area contributed by atoms with Crippen molar-refractivity contribution in [1.29, 1.82) is 0 Å². The first-order valence-electron chi connectivity index (χ1n) is 14.1. The van der Waals surface area contributed by atoms with E-state index in [4.69, 9.17) is 19.6 Å². The predicted molar refractivity (Wildman–Crippen MR) is 168 cm³/mol. The number of halogens is 3. The zero-order valence-electron chi connectivity index (χ0n) is 23.9. The van der Waals surface area contributed by atoms with E-state index in [-0.39, 0.29) is 30.2 Å². The fourth-order valence-corrected chi connectivity index (χ4v) is 5.49. The van der Waals surface area contributed by atoms with E-state index >= 15 is 0 Å². The second-order valence-electron chi connectivity index (χ2n) is 10.2. The van der Waals surface area contributed by atoms with Gasteiger partial charge in [-0.25, -0.2) is 13.8 Å². The van der Waals surface area contributed by atoms with Crippen molar-refractivity contribution in [3.05, 3.63) is 140 Å². The average Bonchev–Trinajstić information content (AvgIpc) is 3.43. The Morgan fingerprint density at radius 3 is 2.47 bits per heavy atom. The number of hydrogen-bond acceptors (Lipinski definition) is 6. The minimum atomic E-state index is -1.71. The van der Waals surface area contributed by atoms with E-state index in [1.807, 2.05) is 24.3 Å². The molecule has 0 bridgehead atoms. The number of aliphatic hydroxyl groups excluding tert-OH is 1. The van der Waals surface area contributed by atoms with Crippen LogP contribution in [-0.4, -0.2) is 35.7 Å². The fraction of sp³-hybridized carbons (Fsp3) is 0.212. The van der Waals surface area contributed by atoms with Crippen LogP contribution >= 0.6 is 15.9 Å². The Balaban J connectivity index is 1.63. The second-order valence-corrected chi connectivity index (χ2v) is 11.0. The monoisotopic (exact) mass is 675 g/mol. The van der Waals surface area contributed by atoms with Crippen LogP contribution in [0, 0.1) is 11.6 Å². The van der Waals surface area contributed by atoms with Gasteiger partial charge < -0.3 is 19.9 Å². The molecule has 0 saturated heterocycles. The Kier molecular flexibility index (Phi) is 10.1. The summed E-state index contributed by atoms with van der Waals surface area (Å²) in [5, 5.41) is 15.6. The number of nitrogens with zero attached hydrogens (tertiary/aromatic N) is 4. The first-order chi connectivity index (χ1) is 21.9. The molecule has 4 aromatic rings. The summed E-state index contributed by atoms with van der Waals surface area (Å²) in [6, 6.07) is 24.4. The third-order valence-corrected chi connectivity index (χ3v) is 8.08. The molecule has 4 aromatic carbocycles. The molecule has 230 valence electrons. The number of rotatable bonds is 12. The second kappa shape index (κ2) is 14.3. The molecule has 1 aliphatic rings. The third-order valence-electron chi connectivity index (χ3n) is 7.31. The summed E-state index contributed by atoms with van der Waals surface area (Å²) in [4.78, 5) is 22.3. The van der Waals surface area contributed by atoms with Gasteiger partial charge in [-0.1, -0.05) is 69.6 Å². The van der Waals surface area contributed by atoms with Crippen LogP contribution in [0.15, 0.2) is 106 Å². The lowest BCUT2D eigenvalue weighted by molar-refractivity contribution is -0.129.